The van der Waals surface area contributed by atoms with Crippen molar-refractivity contribution in [2.24, 2.45) is 0 Å². The number of hydrogen-bond donors (Lipinski definition) is 2. The Hall–Kier alpha value is -3.34. The molecule has 134 valence electrons. The van der Waals surface area contributed by atoms with Crippen LogP contribution in [-0.2, 0) is 0 Å². The monoisotopic (exact) mass is 356 g/mol. The number of benzene rings is 3. The Morgan fingerprint density at radius 1 is 1.00 bits per heavy atom. The van der Waals surface area contributed by atoms with Gasteiger partial charge in [-0.25, -0.2) is 4.98 Å². The molecule has 5 nitrogen and oxygen atoms in total. The van der Waals surface area contributed by atoms with Crippen molar-refractivity contribution < 1.29 is 4.74 Å². The summed E-state index contributed by atoms with van der Waals surface area (Å²) in [5.74, 6) is 1.59. The molecular formula is C22H20N4O. The number of hydrogen-bond acceptors (Lipinski definition) is 5. The predicted octanol–water partition coefficient (Wildman–Crippen LogP) is 4.42. The van der Waals surface area contributed by atoms with Gasteiger partial charge < -0.3 is 16.2 Å². The molecule has 0 bridgehead atoms. The van der Waals surface area contributed by atoms with Crippen LogP contribution in [0.15, 0.2) is 42.5 Å². The summed E-state index contributed by atoms with van der Waals surface area (Å²) in [6.45, 7) is 4.93. The zero-order valence-electron chi connectivity index (χ0n) is 15.3. The van der Waals surface area contributed by atoms with Gasteiger partial charge in [-0.2, -0.15) is 4.98 Å². The number of aryl methyl sites for hydroxylation is 1. The smallest absolute Gasteiger partial charge is 0.222 e. The molecule has 1 aliphatic rings. The largest absolute Gasteiger partial charge is 0.492 e. The van der Waals surface area contributed by atoms with Crippen LogP contribution >= 0.6 is 0 Å². The normalized spacial score (nSPS) is 15.9. The lowest BCUT2D eigenvalue weighted by molar-refractivity contribution is 0.340. The van der Waals surface area contributed by atoms with Gasteiger partial charge in [0, 0.05) is 11.5 Å². The van der Waals surface area contributed by atoms with Crippen molar-refractivity contribution in [3.63, 3.8) is 0 Å². The average molecular weight is 356 g/mol. The molecule has 0 amide bonds. The predicted molar refractivity (Wildman–Crippen MR) is 110 cm³/mol. The number of nitrogens with zero attached hydrogens (tertiary/aromatic N) is 2. The highest BCUT2D eigenvalue weighted by Gasteiger charge is 2.29. The van der Waals surface area contributed by atoms with E-state index >= 15 is 0 Å². The molecule has 3 aromatic carbocycles. The molecule has 0 saturated heterocycles. The first-order chi connectivity index (χ1) is 13.0. The Labute approximate surface area is 157 Å². The fourth-order valence-electron chi connectivity index (χ4n) is 4.16. The summed E-state index contributed by atoms with van der Waals surface area (Å²) in [5, 5.41) is 3.22. The number of aromatic nitrogens is 2. The maximum absolute atomic E-state index is 6.16. The van der Waals surface area contributed by atoms with E-state index in [0.29, 0.717) is 17.9 Å². The van der Waals surface area contributed by atoms with Crippen molar-refractivity contribution in [2.45, 2.75) is 19.8 Å². The van der Waals surface area contributed by atoms with Gasteiger partial charge in [-0.15, -0.1) is 0 Å². The summed E-state index contributed by atoms with van der Waals surface area (Å²) in [6.07, 6.45) is 0. The Morgan fingerprint density at radius 3 is 2.59 bits per heavy atom. The Kier molecular flexibility index (Phi) is 3.28. The molecule has 1 unspecified atom stereocenters. The highest BCUT2D eigenvalue weighted by Crippen LogP contribution is 2.48. The summed E-state index contributed by atoms with van der Waals surface area (Å²) >= 11 is 0. The average Bonchev–Trinajstić information content (AvgIpc) is 3.03. The summed E-state index contributed by atoms with van der Waals surface area (Å²) in [6, 6.07) is 14.9. The lowest BCUT2D eigenvalue weighted by Gasteiger charge is -2.16. The molecule has 1 aliphatic heterocycles. The number of anilines is 2. The van der Waals surface area contributed by atoms with Gasteiger partial charge in [0.2, 0.25) is 5.95 Å². The minimum Gasteiger partial charge on any atom is -0.492 e. The first-order valence-electron chi connectivity index (χ1n) is 9.05. The first kappa shape index (κ1) is 15.9. The lowest BCUT2D eigenvalue weighted by atomic mass is 9.88. The van der Waals surface area contributed by atoms with Gasteiger partial charge in [-0.3, -0.25) is 0 Å². The van der Waals surface area contributed by atoms with Crippen LogP contribution in [0.2, 0.25) is 0 Å². The minimum absolute atomic E-state index is 0.172. The summed E-state index contributed by atoms with van der Waals surface area (Å²) in [4.78, 5) is 8.56. The summed E-state index contributed by atoms with van der Waals surface area (Å²) < 4.78 is 6.04. The molecular weight excluding hydrogens is 336 g/mol. The fraction of sp³-hybridized carbons (Fsp3) is 0.182. The van der Waals surface area contributed by atoms with Crippen molar-refractivity contribution in [1.82, 2.24) is 9.97 Å². The van der Waals surface area contributed by atoms with E-state index in [1.807, 2.05) is 0 Å². The molecule has 0 radical (unpaired) electrons. The quantitative estimate of drug-likeness (QED) is 0.527. The zero-order chi connectivity index (χ0) is 18.7. The van der Waals surface area contributed by atoms with E-state index in [1.54, 1.807) is 0 Å². The van der Waals surface area contributed by atoms with Crippen LogP contribution in [0.3, 0.4) is 0 Å². The van der Waals surface area contributed by atoms with E-state index in [0.717, 1.165) is 22.3 Å². The van der Waals surface area contributed by atoms with Crippen LogP contribution in [0.5, 0.6) is 5.75 Å². The second kappa shape index (κ2) is 5.58. The number of ether oxygens (including phenoxy) is 1. The number of fused-ring (bicyclic) bond motifs is 4. The Bertz CT molecular complexity index is 1230. The second-order valence-corrected chi connectivity index (χ2v) is 7.22. The van der Waals surface area contributed by atoms with Gasteiger partial charge in [0.25, 0.3) is 0 Å². The van der Waals surface area contributed by atoms with Crippen LogP contribution in [-0.4, -0.2) is 16.6 Å². The van der Waals surface area contributed by atoms with Crippen LogP contribution < -0.4 is 16.2 Å². The van der Waals surface area contributed by atoms with Crippen molar-refractivity contribution in [2.75, 3.05) is 18.1 Å². The van der Waals surface area contributed by atoms with Crippen LogP contribution in [0, 0.1) is 6.92 Å². The fourth-order valence-corrected chi connectivity index (χ4v) is 4.16. The number of nitrogens with two attached hydrogens (primary N) is 2. The van der Waals surface area contributed by atoms with E-state index in [9.17, 15) is 0 Å². The van der Waals surface area contributed by atoms with Crippen molar-refractivity contribution in [1.29, 1.82) is 0 Å². The van der Waals surface area contributed by atoms with E-state index < -0.39 is 0 Å². The summed E-state index contributed by atoms with van der Waals surface area (Å²) in [5.41, 5.74) is 17.4. The number of rotatable bonds is 1. The van der Waals surface area contributed by atoms with Crippen molar-refractivity contribution in [3.05, 3.63) is 53.6 Å². The molecule has 0 saturated carbocycles. The highest BCUT2D eigenvalue weighted by atomic mass is 16.5. The number of nitrogen functional groups attached to an aromatic ring is 2. The molecule has 0 aliphatic carbocycles. The Balaban J connectivity index is 1.93. The van der Waals surface area contributed by atoms with Gasteiger partial charge in [-0.05, 0) is 40.5 Å². The molecule has 1 aromatic heterocycles. The highest BCUT2D eigenvalue weighted by molar-refractivity contribution is 6.05. The van der Waals surface area contributed by atoms with E-state index in [-0.39, 0.29) is 11.9 Å². The van der Waals surface area contributed by atoms with Crippen LogP contribution in [0.4, 0.5) is 11.8 Å². The standard InChI is InChI=1S/C22H20N4O/c1-11-7-8-15(14-6-4-3-5-13(11)14)16-9-17-19(21(23)26-22(24)25-17)20-18(16)12(2)10-27-20/h3-9,12H,10H2,1-2H3,(H4,23,24,25,26). The maximum Gasteiger partial charge on any atom is 0.222 e. The third-order valence-corrected chi connectivity index (χ3v) is 5.43. The minimum atomic E-state index is 0.172. The molecule has 2 heterocycles. The third kappa shape index (κ3) is 2.24. The molecule has 0 fully saturated rings. The molecule has 27 heavy (non-hydrogen) atoms. The molecule has 4 N–H and O–H groups in total. The molecule has 5 rings (SSSR count). The van der Waals surface area contributed by atoms with Crippen LogP contribution in [0.1, 0.15) is 24.0 Å². The summed E-state index contributed by atoms with van der Waals surface area (Å²) in [7, 11) is 0. The lowest BCUT2D eigenvalue weighted by Crippen LogP contribution is -2.02. The molecule has 5 heteroatoms. The Morgan fingerprint density at radius 2 is 1.78 bits per heavy atom. The van der Waals surface area contributed by atoms with Gasteiger partial charge in [0.05, 0.1) is 17.5 Å². The molecule has 0 spiro atoms. The second-order valence-electron chi connectivity index (χ2n) is 7.22. The van der Waals surface area contributed by atoms with Crippen LogP contribution in [0.25, 0.3) is 32.8 Å². The topological polar surface area (TPSA) is 87.0 Å². The molecule has 1 atom stereocenters. The third-order valence-electron chi connectivity index (χ3n) is 5.43. The zero-order valence-corrected chi connectivity index (χ0v) is 15.3. The first-order valence-corrected chi connectivity index (χ1v) is 9.05. The van der Waals surface area contributed by atoms with E-state index in [2.05, 4.69) is 66.3 Å². The molecule has 4 aromatic rings. The van der Waals surface area contributed by atoms with Gasteiger partial charge in [0.15, 0.2) is 0 Å². The van der Waals surface area contributed by atoms with E-state index in [1.165, 1.54) is 21.9 Å². The van der Waals surface area contributed by atoms with Gasteiger partial charge >= 0.3 is 0 Å². The van der Waals surface area contributed by atoms with E-state index in [4.69, 9.17) is 16.2 Å². The van der Waals surface area contributed by atoms with Crippen molar-refractivity contribution >= 4 is 33.4 Å². The maximum atomic E-state index is 6.16. The van der Waals surface area contributed by atoms with Gasteiger partial charge in [0.1, 0.15) is 11.6 Å². The SMILES string of the molecule is Cc1ccc(-c2cc3nc(N)nc(N)c3c3c2C(C)CO3)c2ccccc12. The van der Waals surface area contributed by atoms with Crippen molar-refractivity contribution in [3.8, 4) is 16.9 Å². The van der Waals surface area contributed by atoms with Gasteiger partial charge in [-0.1, -0.05) is 43.3 Å².